The Kier molecular flexibility index (Phi) is 4.02. The van der Waals surface area contributed by atoms with Gasteiger partial charge in [-0.15, -0.1) is 0 Å². The maximum absolute atomic E-state index is 12.5. The number of alkyl halides is 3. The van der Waals surface area contributed by atoms with Gasteiger partial charge in [0.25, 0.3) is 0 Å². The van der Waals surface area contributed by atoms with Crippen LogP contribution in [0.5, 0.6) is 0 Å². The second-order valence-electron chi connectivity index (χ2n) is 3.03. The molecule has 6 heteroatoms. The Balaban J connectivity index is 2.87. The molecule has 0 aromatic heterocycles. The van der Waals surface area contributed by atoms with Gasteiger partial charge in [-0.25, -0.2) is 0 Å². The summed E-state index contributed by atoms with van der Waals surface area (Å²) in [5.41, 5.74) is -0.580. The molecule has 0 atom stereocenters. The van der Waals surface area contributed by atoms with Gasteiger partial charge in [-0.2, -0.15) is 18.4 Å². The summed E-state index contributed by atoms with van der Waals surface area (Å²) in [6.07, 6.45) is -4.24. The Hall–Kier alpha value is -1.41. The predicted molar refractivity (Wildman–Crippen MR) is 55.2 cm³/mol. The highest BCUT2D eigenvalue weighted by molar-refractivity contribution is 6.31. The summed E-state index contributed by atoms with van der Waals surface area (Å²) < 4.78 is 37.4. The molecule has 2 nitrogen and oxygen atoms in total. The maximum atomic E-state index is 12.5. The molecule has 0 amide bonds. The number of hydrogen-bond donors (Lipinski definition) is 1. The van der Waals surface area contributed by atoms with Crippen molar-refractivity contribution >= 4 is 17.3 Å². The van der Waals surface area contributed by atoms with E-state index in [0.29, 0.717) is 12.2 Å². The Morgan fingerprint density at radius 2 is 2.06 bits per heavy atom. The van der Waals surface area contributed by atoms with Crippen LogP contribution in [0.15, 0.2) is 18.2 Å². The summed E-state index contributed by atoms with van der Waals surface area (Å²) in [6, 6.07) is 5.43. The van der Waals surface area contributed by atoms with Crippen molar-refractivity contribution in [2.75, 3.05) is 11.9 Å². The number of halogens is 4. The molecule has 1 aromatic carbocycles. The van der Waals surface area contributed by atoms with Crippen LogP contribution in [0.25, 0.3) is 0 Å². The van der Waals surface area contributed by atoms with E-state index >= 15 is 0 Å². The predicted octanol–water partition coefficient (Wildman–Crippen LogP) is 3.68. The van der Waals surface area contributed by atoms with Gasteiger partial charge in [0.15, 0.2) is 0 Å². The van der Waals surface area contributed by atoms with Gasteiger partial charge in [-0.3, -0.25) is 0 Å². The van der Waals surface area contributed by atoms with Crippen molar-refractivity contribution in [3.05, 3.63) is 28.8 Å². The molecule has 0 fully saturated rings. The zero-order valence-corrected chi connectivity index (χ0v) is 8.86. The average molecular weight is 249 g/mol. The van der Waals surface area contributed by atoms with Crippen LogP contribution in [0.1, 0.15) is 12.0 Å². The first-order valence-corrected chi connectivity index (χ1v) is 4.80. The van der Waals surface area contributed by atoms with Crippen LogP contribution in [0, 0.1) is 11.3 Å². The lowest BCUT2D eigenvalue weighted by Crippen LogP contribution is -2.08. The number of hydrogen-bond acceptors (Lipinski definition) is 2. The molecule has 0 saturated heterocycles. The highest BCUT2D eigenvalue weighted by Crippen LogP contribution is 2.36. The third kappa shape index (κ3) is 3.31. The van der Waals surface area contributed by atoms with Crippen LogP contribution >= 0.6 is 11.6 Å². The van der Waals surface area contributed by atoms with Crippen LogP contribution in [0.4, 0.5) is 18.9 Å². The minimum atomic E-state index is -4.47. The lowest BCUT2D eigenvalue weighted by atomic mass is 10.2. The minimum absolute atomic E-state index is 0.226. The molecule has 16 heavy (non-hydrogen) atoms. The zero-order chi connectivity index (χ0) is 12.2. The number of benzene rings is 1. The van der Waals surface area contributed by atoms with E-state index < -0.39 is 11.7 Å². The summed E-state index contributed by atoms with van der Waals surface area (Å²) in [5.74, 6) is 0. The van der Waals surface area contributed by atoms with Gasteiger partial charge in [0.05, 0.1) is 23.1 Å². The van der Waals surface area contributed by atoms with Gasteiger partial charge in [0.1, 0.15) is 0 Å². The van der Waals surface area contributed by atoms with Gasteiger partial charge in [0, 0.05) is 12.2 Å². The van der Waals surface area contributed by atoms with Crippen molar-refractivity contribution in [1.29, 1.82) is 5.26 Å². The SMILES string of the molecule is N#CCCNc1ccc(Cl)c(C(F)(F)F)c1. The fraction of sp³-hybridized carbons (Fsp3) is 0.300. The van der Waals surface area contributed by atoms with Crippen molar-refractivity contribution in [2.24, 2.45) is 0 Å². The number of nitrogens with zero attached hydrogens (tertiary/aromatic N) is 1. The topological polar surface area (TPSA) is 35.8 Å². The lowest BCUT2D eigenvalue weighted by molar-refractivity contribution is -0.137. The first-order chi connectivity index (χ1) is 7.45. The van der Waals surface area contributed by atoms with Crippen molar-refractivity contribution in [3.8, 4) is 6.07 Å². The van der Waals surface area contributed by atoms with Gasteiger partial charge in [0.2, 0.25) is 0 Å². The molecule has 0 bridgehead atoms. The third-order valence-corrected chi connectivity index (χ3v) is 2.17. The van der Waals surface area contributed by atoms with Crippen LogP contribution in [-0.2, 0) is 6.18 Å². The van der Waals surface area contributed by atoms with Crippen molar-refractivity contribution in [1.82, 2.24) is 0 Å². The molecule has 0 unspecified atom stereocenters. The second kappa shape index (κ2) is 5.08. The fourth-order valence-electron chi connectivity index (χ4n) is 1.12. The third-order valence-electron chi connectivity index (χ3n) is 1.84. The van der Waals surface area contributed by atoms with Gasteiger partial charge < -0.3 is 5.32 Å². The molecule has 1 rings (SSSR count). The van der Waals surface area contributed by atoms with Crippen molar-refractivity contribution in [2.45, 2.75) is 12.6 Å². The lowest BCUT2D eigenvalue weighted by Gasteiger charge is -2.11. The fourth-order valence-corrected chi connectivity index (χ4v) is 1.34. The van der Waals surface area contributed by atoms with E-state index in [9.17, 15) is 13.2 Å². The second-order valence-corrected chi connectivity index (χ2v) is 3.43. The molecular formula is C10H8ClF3N2. The molecule has 1 aromatic rings. The summed E-state index contributed by atoms with van der Waals surface area (Å²) in [6.45, 7) is 0.301. The van der Waals surface area contributed by atoms with Gasteiger partial charge >= 0.3 is 6.18 Å². The van der Waals surface area contributed by atoms with E-state index in [2.05, 4.69) is 5.32 Å². The number of rotatable bonds is 3. The number of nitrogens with one attached hydrogen (secondary N) is 1. The van der Waals surface area contributed by atoms with E-state index in [0.717, 1.165) is 6.07 Å². The largest absolute Gasteiger partial charge is 0.417 e. The quantitative estimate of drug-likeness (QED) is 0.828. The smallest absolute Gasteiger partial charge is 0.384 e. The normalized spacial score (nSPS) is 10.9. The molecular weight excluding hydrogens is 241 g/mol. The first-order valence-electron chi connectivity index (χ1n) is 4.42. The van der Waals surface area contributed by atoms with Gasteiger partial charge in [-0.05, 0) is 18.2 Å². The van der Waals surface area contributed by atoms with E-state index in [1.807, 2.05) is 6.07 Å². The Morgan fingerprint density at radius 3 is 2.62 bits per heavy atom. The first kappa shape index (κ1) is 12.7. The Bertz CT molecular complexity index is 410. The molecule has 0 aliphatic rings. The zero-order valence-electron chi connectivity index (χ0n) is 8.11. The Morgan fingerprint density at radius 1 is 1.38 bits per heavy atom. The van der Waals surface area contributed by atoms with Crippen LogP contribution in [0.2, 0.25) is 5.02 Å². The van der Waals surface area contributed by atoms with Gasteiger partial charge in [-0.1, -0.05) is 11.6 Å². The molecule has 0 aliphatic heterocycles. The van der Waals surface area contributed by atoms with E-state index in [1.54, 1.807) is 0 Å². The highest BCUT2D eigenvalue weighted by Gasteiger charge is 2.33. The molecule has 1 N–H and O–H groups in total. The van der Waals surface area contributed by atoms with E-state index in [1.165, 1.54) is 12.1 Å². The monoisotopic (exact) mass is 248 g/mol. The van der Waals surface area contributed by atoms with Crippen LogP contribution < -0.4 is 5.32 Å². The van der Waals surface area contributed by atoms with Crippen LogP contribution in [0.3, 0.4) is 0 Å². The van der Waals surface area contributed by atoms with E-state index in [-0.39, 0.29) is 11.4 Å². The standard InChI is InChI=1S/C10H8ClF3N2/c11-9-3-2-7(16-5-1-4-15)6-8(9)10(12,13)14/h2-3,6,16H,1,5H2. The molecule has 0 spiro atoms. The molecule has 86 valence electrons. The summed E-state index contributed by atoms with van der Waals surface area (Å²) in [4.78, 5) is 0. The van der Waals surface area contributed by atoms with Crippen LogP contribution in [-0.4, -0.2) is 6.54 Å². The molecule has 0 aliphatic carbocycles. The summed E-state index contributed by atoms with van der Waals surface area (Å²) >= 11 is 5.44. The number of anilines is 1. The Labute approximate surface area is 95.6 Å². The number of nitriles is 1. The van der Waals surface area contributed by atoms with Crippen molar-refractivity contribution < 1.29 is 13.2 Å². The molecule has 0 saturated carbocycles. The summed E-state index contributed by atoms with van der Waals surface area (Å²) in [7, 11) is 0. The van der Waals surface area contributed by atoms with E-state index in [4.69, 9.17) is 16.9 Å². The summed E-state index contributed by atoms with van der Waals surface area (Å²) in [5, 5.41) is 10.7. The van der Waals surface area contributed by atoms with Crippen molar-refractivity contribution in [3.63, 3.8) is 0 Å². The maximum Gasteiger partial charge on any atom is 0.417 e. The minimum Gasteiger partial charge on any atom is -0.384 e. The molecule has 0 heterocycles. The molecule has 0 radical (unpaired) electrons. The highest BCUT2D eigenvalue weighted by atomic mass is 35.5. The average Bonchev–Trinajstić information content (AvgIpc) is 2.19.